The molecule has 0 aromatic heterocycles. The van der Waals surface area contributed by atoms with E-state index < -0.39 is 11.8 Å². The molecule has 32 heavy (non-hydrogen) atoms. The van der Waals surface area contributed by atoms with Gasteiger partial charge in [-0.3, -0.25) is 0 Å². The zero-order chi connectivity index (χ0) is 22.7. The molecule has 0 fully saturated rings. The maximum Gasteiger partial charge on any atom is 0.335 e. The zero-order valence-corrected chi connectivity index (χ0v) is 18.2. The largest absolute Gasteiger partial charge is 0.488 e. The second kappa shape index (κ2) is 9.43. The Bertz CT molecular complexity index is 1300. The predicted octanol–water partition coefficient (Wildman–Crippen LogP) is 7.74. The van der Waals surface area contributed by atoms with Crippen LogP contribution >= 0.6 is 23.2 Å². The molecule has 0 spiro atoms. The molecule has 0 amide bonds. The Kier molecular flexibility index (Phi) is 6.45. The van der Waals surface area contributed by atoms with Crippen LogP contribution in [0.25, 0.3) is 22.3 Å². The van der Waals surface area contributed by atoms with Crippen molar-refractivity contribution in [3.8, 4) is 28.0 Å². The number of aromatic carboxylic acids is 1. The van der Waals surface area contributed by atoms with E-state index in [0.29, 0.717) is 26.9 Å². The molecule has 3 nitrogen and oxygen atoms in total. The SMILES string of the molecule is O=C(O)c1cccc(-c2ccccc2-c2cc(Cl)ccc2OCc2ccc(Cl)cc2F)c1. The molecular weight excluding hydrogens is 450 g/mol. The summed E-state index contributed by atoms with van der Waals surface area (Å²) in [6, 6.07) is 23.9. The fourth-order valence-electron chi connectivity index (χ4n) is 3.42. The molecule has 0 unspecified atom stereocenters. The third kappa shape index (κ3) is 4.77. The number of hydrogen-bond acceptors (Lipinski definition) is 2. The molecule has 4 aromatic rings. The highest BCUT2D eigenvalue weighted by Gasteiger charge is 2.15. The molecule has 0 heterocycles. The highest BCUT2D eigenvalue weighted by Crippen LogP contribution is 2.39. The third-order valence-corrected chi connectivity index (χ3v) is 5.45. The summed E-state index contributed by atoms with van der Waals surface area (Å²) >= 11 is 12.1. The minimum atomic E-state index is -0.999. The molecule has 0 saturated carbocycles. The van der Waals surface area contributed by atoms with Crippen LogP contribution in [0.15, 0.2) is 84.9 Å². The topological polar surface area (TPSA) is 46.5 Å². The van der Waals surface area contributed by atoms with Gasteiger partial charge < -0.3 is 9.84 Å². The lowest BCUT2D eigenvalue weighted by atomic mass is 9.93. The highest BCUT2D eigenvalue weighted by atomic mass is 35.5. The van der Waals surface area contributed by atoms with Gasteiger partial charge >= 0.3 is 5.97 Å². The Morgan fingerprint density at radius 2 is 1.53 bits per heavy atom. The van der Waals surface area contributed by atoms with Crippen LogP contribution in [0.1, 0.15) is 15.9 Å². The number of ether oxygens (including phenoxy) is 1. The maximum atomic E-state index is 14.2. The number of carboxylic acids is 1. The number of carbonyl (C=O) groups is 1. The van der Waals surface area contributed by atoms with Crippen molar-refractivity contribution in [3.63, 3.8) is 0 Å². The van der Waals surface area contributed by atoms with Crippen LogP contribution in [0.4, 0.5) is 4.39 Å². The number of carboxylic acid groups (broad SMARTS) is 1. The lowest BCUT2D eigenvalue weighted by molar-refractivity contribution is 0.0697. The van der Waals surface area contributed by atoms with Crippen molar-refractivity contribution in [2.24, 2.45) is 0 Å². The number of benzene rings is 4. The average molecular weight is 467 g/mol. The van der Waals surface area contributed by atoms with E-state index in [4.69, 9.17) is 27.9 Å². The van der Waals surface area contributed by atoms with Gasteiger partial charge in [0.2, 0.25) is 0 Å². The fraction of sp³-hybridized carbons (Fsp3) is 0.0385. The molecule has 0 atom stereocenters. The quantitative estimate of drug-likeness (QED) is 0.316. The summed E-state index contributed by atoms with van der Waals surface area (Å²) in [5, 5.41) is 10.2. The summed E-state index contributed by atoms with van der Waals surface area (Å²) in [6.07, 6.45) is 0. The smallest absolute Gasteiger partial charge is 0.335 e. The van der Waals surface area contributed by atoms with Crippen molar-refractivity contribution in [2.45, 2.75) is 6.61 Å². The number of rotatable bonds is 6. The average Bonchev–Trinajstić information content (AvgIpc) is 2.79. The predicted molar refractivity (Wildman–Crippen MR) is 125 cm³/mol. The Labute approximate surface area is 194 Å². The summed E-state index contributed by atoms with van der Waals surface area (Å²) in [5.74, 6) is -0.925. The Hall–Kier alpha value is -3.34. The molecule has 4 rings (SSSR count). The van der Waals surface area contributed by atoms with Gasteiger partial charge in [0.25, 0.3) is 0 Å². The van der Waals surface area contributed by atoms with Gasteiger partial charge in [-0.1, -0.05) is 65.7 Å². The molecule has 0 aliphatic carbocycles. The normalized spacial score (nSPS) is 10.7. The van der Waals surface area contributed by atoms with Gasteiger partial charge in [0, 0.05) is 21.2 Å². The van der Waals surface area contributed by atoms with Crippen molar-refractivity contribution >= 4 is 29.2 Å². The van der Waals surface area contributed by atoms with Gasteiger partial charge in [0.15, 0.2) is 0 Å². The highest BCUT2D eigenvalue weighted by molar-refractivity contribution is 6.31. The third-order valence-electron chi connectivity index (χ3n) is 4.98. The monoisotopic (exact) mass is 466 g/mol. The van der Waals surface area contributed by atoms with E-state index >= 15 is 0 Å². The van der Waals surface area contributed by atoms with Crippen LogP contribution < -0.4 is 4.74 Å². The van der Waals surface area contributed by atoms with E-state index in [0.717, 1.165) is 16.7 Å². The zero-order valence-electron chi connectivity index (χ0n) is 16.7. The molecule has 0 bridgehead atoms. The maximum absolute atomic E-state index is 14.2. The molecule has 6 heteroatoms. The van der Waals surface area contributed by atoms with Gasteiger partial charge in [-0.2, -0.15) is 0 Å². The van der Waals surface area contributed by atoms with Crippen LogP contribution in [-0.4, -0.2) is 11.1 Å². The van der Waals surface area contributed by atoms with Gasteiger partial charge in [0.05, 0.1) is 5.56 Å². The van der Waals surface area contributed by atoms with Crippen molar-refractivity contribution < 1.29 is 19.0 Å². The van der Waals surface area contributed by atoms with E-state index in [1.807, 2.05) is 30.3 Å². The van der Waals surface area contributed by atoms with E-state index in [9.17, 15) is 14.3 Å². The first-order chi connectivity index (χ1) is 15.4. The minimum Gasteiger partial charge on any atom is -0.488 e. The summed E-state index contributed by atoms with van der Waals surface area (Å²) < 4.78 is 20.2. The lowest BCUT2D eigenvalue weighted by Crippen LogP contribution is -2.00. The van der Waals surface area contributed by atoms with E-state index in [1.54, 1.807) is 48.5 Å². The van der Waals surface area contributed by atoms with E-state index in [1.165, 1.54) is 6.07 Å². The molecule has 160 valence electrons. The van der Waals surface area contributed by atoms with Crippen LogP contribution in [0.2, 0.25) is 10.0 Å². The van der Waals surface area contributed by atoms with Crippen molar-refractivity contribution in [1.29, 1.82) is 0 Å². The van der Waals surface area contributed by atoms with Crippen LogP contribution in [0, 0.1) is 5.82 Å². The summed E-state index contributed by atoms with van der Waals surface area (Å²) in [5.41, 5.74) is 3.65. The van der Waals surface area contributed by atoms with Crippen LogP contribution in [0.5, 0.6) is 5.75 Å². The molecular formula is C26H17Cl2FO3. The lowest BCUT2D eigenvalue weighted by Gasteiger charge is -2.16. The summed E-state index contributed by atoms with van der Waals surface area (Å²) in [6.45, 7) is 0.00823. The fourth-order valence-corrected chi connectivity index (χ4v) is 3.75. The molecule has 0 saturated heterocycles. The van der Waals surface area contributed by atoms with Gasteiger partial charge in [-0.05, 0) is 59.2 Å². The second-order valence-corrected chi connectivity index (χ2v) is 7.97. The molecule has 4 aromatic carbocycles. The first kappa shape index (κ1) is 21.9. The van der Waals surface area contributed by atoms with Crippen LogP contribution in [0.3, 0.4) is 0 Å². The van der Waals surface area contributed by atoms with E-state index in [2.05, 4.69) is 0 Å². The molecule has 0 radical (unpaired) electrons. The Balaban J connectivity index is 1.75. The van der Waals surface area contributed by atoms with Crippen molar-refractivity contribution in [3.05, 3.63) is 112 Å². The molecule has 0 aliphatic heterocycles. The second-order valence-electron chi connectivity index (χ2n) is 7.10. The number of halogens is 3. The Morgan fingerprint density at radius 1 is 0.812 bits per heavy atom. The van der Waals surface area contributed by atoms with Crippen LogP contribution in [-0.2, 0) is 6.61 Å². The first-order valence-electron chi connectivity index (χ1n) is 9.72. The standard InChI is InChI=1S/C26H17Cl2FO3/c27-19-10-11-25(32-15-18-8-9-20(28)14-24(18)29)23(13-19)22-7-2-1-6-21(22)16-4-3-5-17(12-16)26(30)31/h1-14H,15H2,(H,30,31). The van der Waals surface area contributed by atoms with Gasteiger partial charge in [0.1, 0.15) is 18.2 Å². The van der Waals surface area contributed by atoms with Crippen molar-refractivity contribution in [2.75, 3.05) is 0 Å². The minimum absolute atomic E-state index is 0.00823. The molecule has 1 N–H and O–H groups in total. The van der Waals surface area contributed by atoms with E-state index in [-0.39, 0.29) is 12.2 Å². The molecule has 0 aliphatic rings. The number of hydrogen-bond donors (Lipinski definition) is 1. The van der Waals surface area contributed by atoms with Gasteiger partial charge in [-0.15, -0.1) is 0 Å². The van der Waals surface area contributed by atoms with Gasteiger partial charge in [-0.25, -0.2) is 9.18 Å². The first-order valence-corrected chi connectivity index (χ1v) is 10.5. The Morgan fingerprint density at radius 3 is 2.28 bits per heavy atom. The summed E-state index contributed by atoms with van der Waals surface area (Å²) in [4.78, 5) is 11.4. The van der Waals surface area contributed by atoms with Crippen molar-refractivity contribution in [1.82, 2.24) is 0 Å². The summed E-state index contributed by atoms with van der Waals surface area (Å²) in [7, 11) is 0.